The number of hydrogen-bond donors (Lipinski definition) is 2. The Balaban J connectivity index is 1.41. The summed E-state index contributed by atoms with van der Waals surface area (Å²) in [5.41, 5.74) is 2.54. The number of rotatable bonds is 8. The first-order valence-electron chi connectivity index (χ1n) is 11.2. The third-order valence-electron chi connectivity index (χ3n) is 5.89. The number of hydrogen-bond acceptors (Lipinski definition) is 4. The normalized spacial score (nSPS) is 17.7. The summed E-state index contributed by atoms with van der Waals surface area (Å²) in [5.74, 6) is 1.04. The van der Waals surface area contributed by atoms with E-state index in [0.717, 1.165) is 64.9 Å². The largest absolute Gasteiger partial charge is 0.379 e. The van der Waals surface area contributed by atoms with Crippen LogP contribution in [0.15, 0.2) is 29.3 Å². The van der Waals surface area contributed by atoms with E-state index in [1.165, 1.54) is 11.1 Å². The Morgan fingerprint density at radius 2 is 1.80 bits per heavy atom. The molecule has 30 heavy (non-hydrogen) atoms. The van der Waals surface area contributed by atoms with Gasteiger partial charge >= 0.3 is 0 Å². The molecule has 0 radical (unpaired) electrons. The van der Waals surface area contributed by atoms with Crippen LogP contribution in [-0.4, -0.2) is 73.1 Å². The van der Waals surface area contributed by atoms with Crippen molar-refractivity contribution >= 4 is 11.9 Å². The number of benzene rings is 1. The van der Waals surface area contributed by atoms with E-state index in [4.69, 9.17) is 9.73 Å². The number of nitrogens with zero attached hydrogens (tertiary/aromatic N) is 3. The second kappa shape index (κ2) is 10.8. The second-order valence-electron chi connectivity index (χ2n) is 8.66. The zero-order valence-corrected chi connectivity index (χ0v) is 18.7. The number of morpholine rings is 1. The highest BCUT2D eigenvalue weighted by Crippen LogP contribution is 2.22. The molecule has 0 bridgehead atoms. The van der Waals surface area contributed by atoms with Crippen LogP contribution in [-0.2, 0) is 22.6 Å². The summed E-state index contributed by atoms with van der Waals surface area (Å²) in [4.78, 5) is 21.7. The highest BCUT2D eigenvalue weighted by atomic mass is 16.5. The predicted octanol–water partition coefficient (Wildman–Crippen LogP) is 1.97. The first-order chi connectivity index (χ1) is 14.5. The van der Waals surface area contributed by atoms with Gasteiger partial charge in [0.25, 0.3) is 0 Å². The quantitative estimate of drug-likeness (QED) is 0.386. The van der Waals surface area contributed by atoms with Crippen LogP contribution in [0.3, 0.4) is 0 Å². The smallest absolute Gasteiger partial charge is 0.223 e. The van der Waals surface area contributed by atoms with Gasteiger partial charge in [0.2, 0.25) is 5.91 Å². The van der Waals surface area contributed by atoms with E-state index >= 15 is 0 Å². The fourth-order valence-electron chi connectivity index (χ4n) is 4.00. The van der Waals surface area contributed by atoms with Crippen molar-refractivity contribution in [2.45, 2.75) is 52.2 Å². The number of carbonyl (C=O) groups is 1. The molecule has 2 aliphatic rings. The lowest BCUT2D eigenvalue weighted by Gasteiger charge is -2.39. The van der Waals surface area contributed by atoms with Crippen LogP contribution < -0.4 is 10.6 Å². The van der Waals surface area contributed by atoms with Gasteiger partial charge in [0.05, 0.1) is 19.8 Å². The third kappa shape index (κ3) is 6.19. The Morgan fingerprint density at radius 1 is 1.13 bits per heavy atom. The maximum absolute atomic E-state index is 12.6. The van der Waals surface area contributed by atoms with Crippen LogP contribution in [0.1, 0.15) is 44.7 Å². The Hall–Kier alpha value is -2.12. The van der Waals surface area contributed by atoms with Crippen LogP contribution in [0.25, 0.3) is 0 Å². The lowest BCUT2D eigenvalue weighted by atomic mass is 10.0. The van der Waals surface area contributed by atoms with Crippen molar-refractivity contribution in [3.63, 3.8) is 0 Å². The van der Waals surface area contributed by atoms with Crippen molar-refractivity contribution in [2.75, 3.05) is 45.9 Å². The van der Waals surface area contributed by atoms with Crippen molar-refractivity contribution in [1.29, 1.82) is 0 Å². The number of nitrogens with one attached hydrogen (secondary N) is 2. The van der Waals surface area contributed by atoms with Crippen molar-refractivity contribution in [2.24, 2.45) is 4.99 Å². The Kier molecular flexibility index (Phi) is 8.10. The van der Waals surface area contributed by atoms with Crippen molar-refractivity contribution in [3.05, 3.63) is 35.4 Å². The molecule has 7 nitrogen and oxygen atoms in total. The summed E-state index contributed by atoms with van der Waals surface area (Å²) in [6, 6.07) is 8.31. The molecular weight excluding hydrogens is 378 g/mol. The summed E-state index contributed by atoms with van der Waals surface area (Å²) >= 11 is 0. The molecule has 0 atom stereocenters. The second-order valence-corrected chi connectivity index (χ2v) is 8.66. The van der Waals surface area contributed by atoms with Crippen LogP contribution in [0.2, 0.25) is 0 Å². The fraction of sp³-hybridized carbons (Fsp3) is 0.652. The molecule has 1 saturated heterocycles. The molecule has 0 spiro atoms. The molecule has 0 saturated carbocycles. The molecule has 2 heterocycles. The summed E-state index contributed by atoms with van der Waals surface area (Å²) in [5, 5.41) is 6.70. The van der Waals surface area contributed by atoms with Gasteiger partial charge in [-0.25, -0.2) is 0 Å². The Morgan fingerprint density at radius 3 is 2.43 bits per heavy atom. The maximum atomic E-state index is 12.6. The molecule has 1 aromatic carbocycles. The molecule has 0 aliphatic carbocycles. The number of ether oxygens (including phenoxy) is 1. The Bertz CT molecular complexity index is 703. The Labute approximate surface area is 180 Å². The van der Waals surface area contributed by atoms with Gasteiger partial charge < -0.3 is 20.3 Å². The standard InChI is InChI=1S/C23H37N5O2/c1-4-24-22(26-18-23(2,3)28-12-14-30-15-13-28)25-11-7-10-21(29)27-16-19-8-5-6-9-20(19)17-27/h5-6,8-9H,4,7,10-18H2,1-3H3,(H2,24,25,26). The minimum atomic E-state index is -0.00709. The van der Waals surface area contributed by atoms with Crippen molar-refractivity contribution in [1.82, 2.24) is 20.4 Å². The molecule has 0 aromatic heterocycles. The molecular formula is C23H37N5O2. The van der Waals surface area contributed by atoms with E-state index in [9.17, 15) is 4.79 Å². The van der Waals surface area contributed by atoms with Gasteiger partial charge in [0, 0.05) is 51.2 Å². The molecule has 7 heteroatoms. The molecule has 166 valence electrons. The average molecular weight is 416 g/mol. The lowest BCUT2D eigenvalue weighted by molar-refractivity contribution is -0.131. The van der Waals surface area contributed by atoms with Crippen LogP contribution in [0.5, 0.6) is 0 Å². The first-order valence-corrected chi connectivity index (χ1v) is 11.2. The van der Waals surface area contributed by atoms with Gasteiger partial charge in [-0.15, -0.1) is 0 Å². The number of carbonyl (C=O) groups excluding carboxylic acids is 1. The number of aliphatic imine (C=N–C) groups is 1. The highest BCUT2D eigenvalue weighted by molar-refractivity contribution is 5.80. The number of guanidine groups is 1. The summed E-state index contributed by atoms with van der Waals surface area (Å²) in [7, 11) is 0. The van der Waals surface area contributed by atoms with Crippen LogP contribution >= 0.6 is 0 Å². The third-order valence-corrected chi connectivity index (χ3v) is 5.89. The fourth-order valence-corrected chi connectivity index (χ4v) is 4.00. The maximum Gasteiger partial charge on any atom is 0.223 e. The van der Waals surface area contributed by atoms with Crippen LogP contribution in [0.4, 0.5) is 0 Å². The van der Waals surface area contributed by atoms with Gasteiger partial charge in [-0.05, 0) is 38.3 Å². The molecule has 1 fully saturated rings. The zero-order valence-electron chi connectivity index (χ0n) is 18.7. The highest BCUT2D eigenvalue weighted by Gasteiger charge is 2.28. The first kappa shape index (κ1) is 22.6. The van der Waals surface area contributed by atoms with E-state index in [-0.39, 0.29) is 11.4 Å². The van der Waals surface area contributed by atoms with Gasteiger partial charge in [-0.2, -0.15) is 0 Å². The monoisotopic (exact) mass is 415 g/mol. The number of amides is 1. The van der Waals surface area contributed by atoms with Gasteiger partial charge in [-0.1, -0.05) is 24.3 Å². The lowest BCUT2D eigenvalue weighted by Crippen LogP contribution is -2.52. The van der Waals surface area contributed by atoms with Gasteiger partial charge in [0.1, 0.15) is 0 Å². The summed E-state index contributed by atoms with van der Waals surface area (Å²) in [6.07, 6.45) is 1.35. The van der Waals surface area contributed by atoms with Crippen molar-refractivity contribution < 1.29 is 9.53 Å². The molecule has 3 rings (SSSR count). The molecule has 2 aliphatic heterocycles. The molecule has 2 N–H and O–H groups in total. The molecule has 1 amide bonds. The minimum Gasteiger partial charge on any atom is -0.379 e. The zero-order chi connectivity index (χ0) is 21.4. The van der Waals surface area contributed by atoms with E-state index in [1.807, 2.05) is 17.0 Å². The summed E-state index contributed by atoms with van der Waals surface area (Å²) in [6.45, 7) is 13.8. The van der Waals surface area contributed by atoms with E-state index in [0.29, 0.717) is 13.0 Å². The predicted molar refractivity (Wildman–Crippen MR) is 120 cm³/mol. The summed E-state index contributed by atoms with van der Waals surface area (Å²) < 4.78 is 5.47. The molecule has 1 aromatic rings. The number of fused-ring (bicyclic) bond motifs is 1. The SMILES string of the molecule is CCNC(=NCC(C)(C)N1CCOCC1)NCCCC(=O)N1Cc2ccccc2C1. The van der Waals surface area contributed by atoms with E-state index in [1.54, 1.807) is 0 Å². The van der Waals surface area contributed by atoms with E-state index < -0.39 is 0 Å². The average Bonchev–Trinajstić information content (AvgIpc) is 3.20. The van der Waals surface area contributed by atoms with Gasteiger partial charge in [-0.3, -0.25) is 14.7 Å². The topological polar surface area (TPSA) is 69.2 Å². The van der Waals surface area contributed by atoms with Crippen LogP contribution in [0, 0.1) is 0 Å². The molecule has 0 unspecified atom stereocenters. The van der Waals surface area contributed by atoms with Gasteiger partial charge in [0.15, 0.2) is 5.96 Å². The minimum absolute atomic E-state index is 0.00709. The van der Waals surface area contributed by atoms with E-state index in [2.05, 4.69) is 48.4 Å². The van der Waals surface area contributed by atoms with Crippen molar-refractivity contribution in [3.8, 4) is 0 Å².